The third-order valence-electron chi connectivity index (χ3n) is 8.26. The number of aryl methyl sites for hydroxylation is 1. The van der Waals surface area contributed by atoms with Gasteiger partial charge in [-0.05, 0) is 49.4 Å². The summed E-state index contributed by atoms with van der Waals surface area (Å²) in [6, 6.07) is 23.5. The number of carbonyl (C=O) groups excluding carboxylic acids is 2. The van der Waals surface area contributed by atoms with Gasteiger partial charge in [-0.25, -0.2) is 0 Å². The standard InChI is InChI=1S/C34H39N3O2/c1-5-7-12-24(6-2)21-35-33(38)23(4)37-32(26-13-8-9-14-27(26)34(37)39)30-28-15-10-11-16-29(28)36-31(30)25-19-17-22(3)18-20-25/h8-11,13-20,23-24,32,36H,5-7,12,21H2,1-4H3,(H,35,38). The number of benzene rings is 3. The Hall–Kier alpha value is -3.86. The van der Waals surface area contributed by atoms with E-state index in [1.807, 2.05) is 43.3 Å². The van der Waals surface area contributed by atoms with Crippen LogP contribution in [0.4, 0.5) is 0 Å². The minimum atomic E-state index is -0.627. The van der Waals surface area contributed by atoms with Crippen LogP contribution in [0, 0.1) is 12.8 Å². The number of hydrogen-bond donors (Lipinski definition) is 2. The molecular formula is C34H39N3O2. The topological polar surface area (TPSA) is 65.2 Å². The first-order valence-electron chi connectivity index (χ1n) is 14.3. The van der Waals surface area contributed by atoms with E-state index in [1.54, 1.807) is 4.90 Å². The van der Waals surface area contributed by atoms with Crippen LogP contribution < -0.4 is 5.32 Å². The van der Waals surface area contributed by atoms with E-state index < -0.39 is 6.04 Å². The molecule has 2 heterocycles. The number of rotatable bonds is 10. The van der Waals surface area contributed by atoms with E-state index in [0.29, 0.717) is 18.0 Å². The van der Waals surface area contributed by atoms with Gasteiger partial charge in [0.2, 0.25) is 5.91 Å². The van der Waals surface area contributed by atoms with Gasteiger partial charge < -0.3 is 15.2 Å². The molecule has 3 atom stereocenters. The zero-order valence-electron chi connectivity index (χ0n) is 23.5. The first-order chi connectivity index (χ1) is 18.9. The third-order valence-corrected chi connectivity index (χ3v) is 8.26. The molecule has 3 aromatic carbocycles. The van der Waals surface area contributed by atoms with Crippen molar-refractivity contribution in [3.63, 3.8) is 0 Å². The highest BCUT2D eigenvalue weighted by Gasteiger charge is 2.44. The van der Waals surface area contributed by atoms with Crippen LogP contribution in [0.3, 0.4) is 0 Å². The van der Waals surface area contributed by atoms with Gasteiger partial charge in [-0.2, -0.15) is 0 Å². The number of amides is 2. The molecule has 2 amide bonds. The van der Waals surface area contributed by atoms with Crippen molar-refractivity contribution in [1.29, 1.82) is 0 Å². The normalized spacial score (nSPS) is 16.4. The molecule has 0 radical (unpaired) electrons. The molecule has 3 unspecified atom stereocenters. The molecule has 0 bridgehead atoms. The Morgan fingerprint density at radius 2 is 1.72 bits per heavy atom. The van der Waals surface area contributed by atoms with Crippen molar-refractivity contribution in [2.24, 2.45) is 5.92 Å². The SMILES string of the molecule is CCCCC(CC)CNC(=O)C(C)N1C(=O)c2ccccc2C1c1c(-c2ccc(C)cc2)[nH]c2ccccc12. The lowest BCUT2D eigenvalue weighted by atomic mass is 9.92. The molecule has 0 fully saturated rings. The van der Waals surface area contributed by atoms with Crippen LogP contribution in [0.2, 0.25) is 0 Å². The van der Waals surface area contributed by atoms with Gasteiger partial charge in [0.1, 0.15) is 6.04 Å². The zero-order valence-corrected chi connectivity index (χ0v) is 23.5. The average Bonchev–Trinajstić information content (AvgIpc) is 3.48. The molecule has 0 saturated carbocycles. The summed E-state index contributed by atoms with van der Waals surface area (Å²) >= 11 is 0. The number of aromatic amines is 1. The summed E-state index contributed by atoms with van der Waals surface area (Å²) in [5, 5.41) is 4.24. The Labute approximate surface area is 231 Å². The first-order valence-corrected chi connectivity index (χ1v) is 14.3. The van der Waals surface area contributed by atoms with Crippen LogP contribution in [0.5, 0.6) is 0 Å². The van der Waals surface area contributed by atoms with Gasteiger partial charge in [-0.15, -0.1) is 0 Å². The van der Waals surface area contributed by atoms with Gasteiger partial charge in [0, 0.05) is 28.6 Å². The van der Waals surface area contributed by atoms with Crippen molar-refractivity contribution in [2.45, 2.75) is 65.5 Å². The zero-order chi connectivity index (χ0) is 27.5. The second-order valence-corrected chi connectivity index (χ2v) is 10.9. The predicted octanol–water partition coefficient (Wildman–Crippen LogP) is 7.41. The number of H-pyrrole nitrogens is 1. The Morgan fingerprint density at radius 1 is 1.00 bits per heavy atom. The van der Waals surface area contributed by atoms with E-state index >= 15 is 0 Å². The lowest BCUT2D eigenvalue weighted by Crippen LogP contribution is -2.48. The first kappa shape index (κ1) is 26.7. The second-order valence-electron chi connectivity index (χ2n) is 10.9. The highest BCUT2D eigenvalue weighted by molar-refractivity contribution is 6.04. The molecule has 5 heteroatoms. The van der Waals surface area contributed by atoms with Crippen LogP contribution >= 0.6 is 0 Å². The van der Waals surface area contributed by atoms with E-state index in [-0.39, 0.29) is 17.9 Å². The maximum absolute atomic E-state index is 13.9. The quantitative estimate of drug-likeness (QED) is 0.228. The molecule has 0 spiro atoms. The number of nitrogens with one attached hydrogen (secondary N) is 2. The summed E-state index contributed by atoms with van der Waals surface area (Å²) in [6.07, 6.45) is 4.44. The Kier molecular flexibility index (Phi) is 7.87. The van der Waals surface area contributed by atoms with Crippen molar-refractivity contribution in [1.82, 2.24) is 15.2 Å². The average molecular weight is 522 g/mol. The molecule has 0 aliphatic carbocycles. The Balaban J connectivity index is 1.58. The van der Waals surface area contributed by atoms with Crippen LogP contribution in [-0.4, -0.2) is 34.3 Å². The lowest BCUT2D eigenvalue weighted by Gasteiger charge is -2.32. The number of para-hydroxylation sites is 1. The van der Waals surface area contributed by atoms with Crippen LogP contribution in [-0.2, 0) is 4.79 Å². The largest absolute Gasteiger partial charge is 0.354 e. The molecule has 5 nitrogen and oxygen atoms in total. The number of nitrogens with zero attached hydrogens (tertiary/aromatic N) is 1. The number of fused-ring (bicyclic) bond motifs is 2. The summed E-state index contributed by atoms with van der Waals surface area (Å²) in [6.45, 7) is 8.95. The van der Waals surface area contributed by atoms with Crippen LogP contribution in [0.1, 0.15) is 79.5 Å². The van der Waals surface area contributed by atoms with Crippen molar-refractivity contribution >= 4 is 22.7 Å². The summed E-state index contributed by atoms with van der Waals surface area (Å²) in [4.78, 5) is 33.0. The van der Waals surface area contributed by atoms with E-state index in [1.165, 1.54) is 5.56 Å². The van der Waals surface area contributed by atoms with E-state index in [4.69, 9.17) is 0 Å². The fraction of sp³-hybridized carbons (Fsp3) is 0.353. The summed E-state index contributed by atoms with van der Waals surface area (Å²) in [5.74, 6) is 0.245. The molecule has 0 saturated heterocycles. The molecule has 202 valence electrons. The minimum absolute atomic E-state index is 0.101. The molecule has 2 N–H and O–H groups in total. The predicted molar refractivity (Wildman–Crippen MR) is 159 cm³/mol. The third kappa shape index (κ3) is 5.10. The summed E-state index contributed by atoms with van der Waals surface area (Å²) in [5.41, 5.74) is 6.87. The monoisotopic (exact) mass is 521 g/mol. The van der Waals surface area contributed by atoms with Gasteiger partial charge in [0.25, 0.3) is 5.91 Å². The lowest BCUT2D eigenvalue weighted by molar-refractivity contribution is -0.125. The number of unbranched alkanes of at least 4 members (excludes halogenated alkanes) is 1. The molecule has 1 aliphatic heterocycles. The smallest absolute Gasteiger partial charge is 0.255 e. The van der Waals surface area contributed by atoms with Gasteiger partial charge in [-0.1, -0.05) is 99.3 Å². The highest BCUT2D eigenvalue weighted by Crippen LogP contribution is 2.46. The van der Waals surface area contributed by atoms with Crippen LogP contribution in [0.15, 0.2) is 72.8 Å². The Bertz CT molecular complexity index is 1470. The maximum atomic E-state index is 13.9. The van der Waals surface area contributed by atoms with Crippen molar-refractivity contribution < 1.29 is 9.59 Å². The second kappa shape index (κ2) is 11.5. The molecule has 1 aliphatic rings. The minimum Gasteiger partial charge on any atom is -0.354 e. The summed E-state index contributed by atoms with van der Waals surface area (Å²) in [7, 11) is 0. The van der Waals surface area contributed by atoms with Gasteiger partial charge in [0.05, 0.1) is 11.7 Å². The van der Waals surface area contributed by atoms with E-state index in [0.717, 1.165) is 59.0 Å². The number of carbonyl (C=O) groups is 2. The van der Waals surface area contributed by atoms with Crippen molar-refractivity contribution in [3.8, 4) is 11.3 Å². The molecule has 4 aromatic rings. The van der Waals surface area contributed by atoms with Crippen molar-refractivity contribution in [3.05, 3.63) is 95.1 Å². The van der Waals surface area contributed by atoms with Gasteiger partial charge in [-0.3, -0.25) is 9.59 Å². The summed E-state index contributed by atoms with van der Waals surface area (Å²) < 4.78 is 0. The highest BCUT2D eigenvalue weighted by atomic mass is 16.2. The van der Waals surface area contributed by atoms with Crippen LogP contribution in [0.25, 0.3) is 22.2 Å². The van der Waals surface area contributed by atoms with Gasteiger partial charge >= 0.3 is 0 Å². The van der Waals surface area contributed by atoms with Gasteiger partial charge in [0.15, 0.2) is 0 Å². The number of hydrogen-bond acceptors (Lipinski definition) is 2. The van der Waals surface area contributed by atoms with E-state index in [9.17, 15) is 9.59 Å². The van der Waals surface area contributed by atoms with Crippen molar-refractivity contribution in [2.75, 3.05) is 6.54 Å². The Morgan fingerprint density at radius 3 is 2.46 bits per heavy atom. The molecule has 39 heavy (non-hydrogen) atoms. The van der Waals surface area contributed by atoms with E-state index in [2.05, 4.69) is 67.5 Å². The fourth-order valence-electron chi connectivity index (χ4n) is 5.89. The molecule has 1 aromatic heterocycles. The maximum Gasteiger partial charge on any atom is 0.255 e. The molecular weight excluding hydrogens is 482 g/mol. The molecule has 5 rings (SSSR count). The number of aromatic nitrogens is 1. The fourth-order valence-corrected chi connectivity index (χ4v) is 5.89.